The molecule has 1 aliphatic rings. The fraction of sp³-hybridized carbons (Fsp3) is 0.261. The van der Waals surface area contributed by atoms with Crippen LogP contribution in [-0.2, 0) is 4.79 Å². The maximum absolute atomic E-state index is 12.6. The van der Waals surface area contributed by atoms with Crippen LogP contribution in [0.1, 0.15) is 23.3 Å². The van der Waals surface area contributed by atoms with Crippen LogP contribution < -0.4 is 5.32 Å². The standard InChI is InChI=1S/C23H23BrN4O2S/c24-18-8-4-5-9-21(18)31-17-10-12-28(13-11-17)22(29)15-25-23(30)20-14-19(26-27-20)16-6-2-1-3-7-16/h1-9,14,17H,10-13,15H2,(H,25,30)(H,26,27). The Morgan fingerprint density at radius 2 is 1.81 bits per heavy atom. The molecule has 0 unspecified atom stereocenters. The molecule has 6 nitrogen and oxygen atoms in total. The van der Waals surface area contributed by atoms with Gasteiger partial charge >= 0.3 is 0 Å². The molecule has 8 heteroatoms. The zero-order valence-corrected chi connectivity index (χ0v) is 19.3. The van der Waals surface area contributed by atoms with Crippen molar-refractivity contribution in [3.63, 3.8) is 0 Å². The highest BCUT2D eigenvalue weighted by Gasteiger charge is 2.24. The number of amides is 2. The molecule has 0 spiro atoms. The predicted molar refractivity (Wildman–Crippen MR) is 126 cm³/mol. The van der Waals surface area contributed by atoms with Gasteiger partial charge in [-0.05, 0) is 47.0 Å². The largest absolute Gasteiger partial charge is 0.342 e. The van der Waals surface area contributed by atoms with Gasteiger partial charge in [0.05, 0.1) is 12.2 Å². The molecule has 2 aromatic carbocycles. The molecule has 1 aliphatic heterocycles. The number of hydrogen-bond acceptors (Lipinski definition) is 4. The van der Waals surface area contributed by atoms with Gasteiger partial charge in [-0.25, -0.2) is 0 Å². The summed E-state index contributed by atoms with van der Waals surface area (Å²) in [5.41, 5.74) is 1.97. The Morgan fingerprint density at radius 3 is 2.55 bits per heavy atom. The lowest BCUT2D eigenvalue weighted by molar-refractivity contribution is -0.130. The van der Waals surface area contributed by atoms with Crippen molar-refractivity contribution in [1.29, 1.82) is 0 Å². The van der Waals surface area contributed by atoms with Crippen LogP contribution in [0.3, 0.4) is 0 Å². The number of halogens is 1. The molecule has 4 rings (SSSR count). The molecular formula is C23H23BrN4O2S. The number of piperidine rings is 1. The first kappa shape index (κ1) is 21.6. The van der Waals surface area contributed by atoms with Crippen molar-refractivity contribution < 1.29 is 9.59 Å². The quantitative estimate of drug-likeness (QED) is 0.529. The van der Waals surface area contributed by atoms with Gasteiger partial charge in [0.15, 0.2) is 0 Å². The van der Waals surface area contributed by atoms with E-state index in [1.807, 2.05) is 65.2 Å². The van der Waals surface area contributed by atoms with Crippen molar-refractivity contribution in [2.45, 2.75) is 23.0 Å². The van der Waals surface area contributed by atoms with E-state index < -0.39 is 0 Å². The number of hydrogen-bond donors (Lipinski definition) is 2. The van der Waals surface area contributed by atoms with Crippen molar-refractivity contribution in [2.75, 3.05) is 19.6 Å². The number of aromatic nitrogens is 2. The van der Waals surface area contributed by atoms with Crippen LogP contribution in [0.4, 0.5) is 0 Å². The molecule has 1 saturated heterocycles. The number of carbonyl (C=O) groups is 2. The van der Waals surface area contributed by atoms with E-state index >= 15 is 0 Å². The number of H-pyrrole nitrogens is 1. The Labute approximate surface area is 193 Å². The lowest BCUT2D eigenvalue weighted by Gasteiger charge is -2.32. The molecule has 2 heterocycles. The van der Waals surface area contributed by atoms with Crippen LogP contribution in [0.25, 0.3) is 11.3 Å². The van der Waals surface area contributed by atoms with Crippen molar-refractivity contribution in [3.05, 3.63) is 70.8 Å². The van der Waals surface area contributed by atoms with Gasteiger partial charge in [0.25, 0.3) is 5.91 Å². The smallest absolute Gasteiger partial charge is 0.269 e. The monoisotopic (exact) mass is 498 g/mol. The van der Waals surface area contributed by atoms with Crippen molar-refractivity contribution >= 4 is 39.5 Å². The summed E-state index contributed by atoms with van der Waals surface area (Å²) < 4.78 is 1.11. The Kier molecular flexibility index (Phi) is 7.09. The van der Waals surface area contributed by atoms with Crippen LogP contribution in [-0.4, -0.2) is 51.8 Å². The summed E-state index contributed by atoms with van der Waals surface area (Å²) >= 11 is 5.45. The zero-order chi connectivity index (χ0) is 21.6. The normalized spacial score (nSPS) is 14.4. The highest BCUT2D eigenvalue weighted by molar-refractivity contribution is 9.10. The number of benzene rings is 2. The van der Waals surface area contributed by atoms with Crippen molar-refractivity contribution in [2.24, 2.45) is 0 Å². The summed E-state index contributed by atoms with van der Waals surface area (Å²) in [5, 5.41) is 10.1. The third-order valence-corrected chi connectivity index (χ3v) is 7.59. The number of thioether (sulfide) groups is 1. The maximum Gasteiger partial charge on any atom is 0.269 e. The third kappa shape index (κ3) is 5.57. The van der Waals surface area contributed by atoms with Gasteiger partial charge in [-0.2, -0.15) is 5.10 Å². The van der Waals surface area contributed by atoms with Crippen LogP contribution in [0, 0.1) is 0 Å². The SMILES string of the molecule is O=C(NCC(=O)N1CCC(Sc2ccccc2Br)CC1)c1cc(-c2ccccc2)n[nH]1. The highest BCUT2D eigenvalue weighted by Crippen LogP contribution is 2.34. The first-order valence-electron chi connectivity index (χ1n) is 10.2. The fourth-order valence-electron chi connectivity index (χ4n) is 3.50. The average Bonchev–Trinajstić information content (AvgIpc) is 3.30. The predicted octanol–water partition coefficient (Wildman–Crippen LogP) is 4.35. The minimum absolute atomic E-state index is 0.0133. The number of rotatable bonds is 6. The summed E-state index contributed by atoms with van der Waals surface area (Å²) in [6, 6.07) is 19.5. The minimum atomic E-state index is -0.331. The summed E-state index contributed by atoms with van der Waals surface area (Å²) in [6.45, 7) is 1.40. The van der Waals surface area contributed by atoms with Gasteiger partial charge in [-0.15, -0.1) is 11.8 Å². The first-order chi connectivity index (χ1) is 15.1. The van der Waals surface area contributed by atoms with E-state index in [1.54, 1.807) is 6.07 Å². The second-order valence-corrected chi connectivity index (χ2v) is 9.54. The Morgan fingerprint density at radius 1 is 1.10 bits per heavy atom. The molecule has 0 atom stereocenters. The summed E-state index contributed by atoms with van der Waals surface area (Å²) in [7, 11) is 0. The molecule has 31 heavy (non-hydrogen) atoms. The molecule has 1 aromatic heterocycles. The number of nitrogens with zero attached hydrogens (tertiary/aromatic N) is 2. The maximum atomic E-state index is 12.6. The number of nitrogens with one attached hydrogen (secondary N) is 2. The van der Waals surface area contributed by atoms with Gasteiger partial charge in [0.2, 0.25) is 5.91 Å². The highest BCUT2D eigenvalue weighted by atomic mass is 79.9. The first-order valence-corrected chi connectivity index (χ1v) is 11.9. The zero-order valence-electron chi connectivity index (χ0n) is 16.9. The Bertz CT molecular complexity index is 1050. The van der Waals surface area contributed by atoms with Crippen molar-refractivity contribution in [3.8, 4) is 11.3 Å². The molecule has 160 valence electrons. The molecule has 0 aliphatic carbocycles. The van der Waals surface area contributed by atoms with E-state index in [0.717, 1.165) is 22.9 Å². The van der Waals surface area contributed by atoms with E-state index in [4.69, 9.17) is 0 Å². The van der Waals surface area contributed by atoms with E-state index in [2.05, 4.69) is 37.5 Å². The Balaban J connectivity index is 1.24. The molecule has 3 aromatic rings. The van der Waals surface area contributed by atoms with Gasteiger partial charge < -0.3 is 10.2 Å². The molecule has 0 radical (unpaired) electrons. The second kappa shape index (κ2) is 10.2. The van der Waals surface area contributed by atoms with Crippen LogP contribution in [0.5, 0.6) is 0 Å². The third-order valence-electron chi connectivity index (χ3n) is 5.22. The molecule has 0 saturated carbocycles. The fourth-order valence-corrected chi connectivity index (χ4v) is 5.21. The van der Waals surface area contributed by atoms with Gasteiger partial charge in [0.1, 0.15) is 5.69 Å². The summed E-state index contributed by atoms with van der Waals surface area (Å²) in [6.07, 6.45) is 1.87. The van der Waals surface area contributed by atoms with E-state index in [-0.39, 0.29) is 18.4 Å². The van der Waals surface area contributed by atoms with Gasteiger partial charge in [-0.1, -0.05) is 42.5 Å². The van der Waals surface area contributed by atoms with E-state index in [1.165, 1.54) is 4.90 Å². The summed E-state index contributed by atoms with van der Waals surface area (Å²) in [4.78, 5) is 28.0. The minimum Gasteiger partial charge on any atom is -0.342 e. The lowest BCUT2D eigenvalue weighted by Crippen LogP contribution is -2.44. The van der Waals surface area contributed by atoms with Gasteiger partial charge in [0, 0.05) is 33.3 Å². The number of aromatic amines is 1. The molecule has 0 bridgehead atoms. The lowest BCUT2D eigenvalue weighted by atomic mass is 10.1. The average molecular weight is 499 g/mol. The van der Waals surface area contributed by atoms with E-state index in [0.29, 0.717) is 29.7 Å². The number of carbonyl (C=O) groups excluding carboxylic acids is 2. The van der Waals surface area contributed by atoms with Gasteiger partial charge in [-0.3, -0.25) is 14.7 Å². The van der Waals surface area contributed by atoms with Crippen LogP contribution in [0.15, 0.2) is 70.0 Å². The number of likely N-dealkylation sites (tertiary alicyclic amines) is 1. The van der Waals surface area contributed by atoms with E-state index in [9.17, 15) is 9.59 Å². The molecule has 2 N–H and O–H groups in total. The topological polar surface area (TPSA) is 78.1 Å². The van der Waals surface area contributed by atoms with Crippen LogP contribution in [0.2, 0.25) is 0 Å². The Hall–Kier alpha value is -2.58. The molecular weight excluding hydrogens is 476 g/mol. The molecule has 1 fully saturated rings. The molecule has 2 amide bonds. The van der Waals surface area contributed by atoms with Crippen LogP contribution >= 0.6 is 27.7 Å². The summed E-state index contributed by atoms with van der Waals surface area (Å²) in [5.74, 6) is -0.386. The van der Waals surface area contributed by atoms with Crippen molar-refractivity contribution in [1.82, 2.24) is 20.4 Å². The second-order valence-electron chi connectivity index (χ2n) is 7.34.